The van der Waals surface area contributed by atoms with Crippen LogP contribution in [-0.2, 0) is 4.79 Å². The molecule has 6 nitrogen and oxygen atoms in total. The van der Waals surface area contributed by atoms with Gasteiger partial charge in [0.2, 0.25) is 0 Å². The highest BCUT2D eigenvalue weighted by Crippen LogP contribution is 2.22. The molecule has 0 atom stereocenters. The first-order valence-corrected chi connectivity index (χ1v) is 11.1. The van der Waals surface area contributed by atoms with Crippen LogP contribution in [-0.4, -0.2) is 25.2 Å². The minimum atomic E-state index is -0.572. The third kappa shape index (κ3) is 6.13. The zero-order valence-corrected chi connectivity index (χ0v) is 19.5. The van der Waals surface area contributed by atoms with Gasteiger partial charge in [-0.05, 0) is 58.8 Å². The van der Waals surface area contributed by atoms with Crippen molar-refractivity contribution in [2.45, 2.75) is 0 Å². The molecular formula is C28H21ClN2O4. The molecule has 0 spiro atoms. The molecule has 7 heteroatoms. The number of carbonyl (C=O) groups is 2. The molecule has 1 N–H and O–H groups in total. The maximum atomic E-state index is 12.7. The van der Waals surface area contributed by atoms with Crippen LogP contribution in [0.1, 0.15) is 21.5 Å². The molecule has 35 heavy (non-hydrogen) atoms. The minimum absolute atomic E-state index is 0.252. The number of esters is 1. The molecule has 0 aliphatic rings. The van der Waals surface area contributed by atoms with Crippen molar-refractivity contribution in [2.75, 3.05) is 7.11 Å². The van der Waals surface area contributed by atoms with E-state index in [2.05, 4.69) is 10.5 Å². The SMILES string of the molecule is COc1ccc(/C=C/C(=O)Oc2ccc(Cl)cc2/C=N/NC(=O)c2cccc3ccccc23)cc1. The Bertz CT molecular complexity index is 1420. The molecule has 1 amide bonds. The monoisotopic (exact) mass is 484 g/mol. The van der Waals surface area contributed by atoms with Gasteiger partial charge in [0, 0.05) is 22.2 Å². The Balaban J connectivity index is 1.45. The fourth-order valence-corrected chi connectivity index (χ4v) is 3.56. The lowest BCUT2D eigenvalue weighted by Crippen LogP contribution is -2.18. The van der Waals surface area contributed by atoms with Crippen molar-refractivity contribution in [1.29, 1.82) is 0 Å². The van der Waals surface area contributed by atoms with Crippen molar-refractivity contribution >= 4 is 46.5 Å². The molecule has 4 aromatic carbocycles. The average Bonchev–Trinajstić information content (AvgIpc) is 2.89. The topological polar surface area (TPSA) is 77.0 Å². The summed E-state index contributed by atoms with van der Waals surface area (Å²) in [5.74, 6) is 0.0444. The first-order chi connectivity index (χ1) is 17.0. The second-order valence-corrected chi connectivity index (χ2v) is 7.87. The Morgan fingerprint density at radius 3 is 2.51 bits per heavy atom. The Labute approximate surface area is 207 Å². The summed E-state index contributed by atoms with van der Waals surface area (Å²) in [4.78, 5) is 25.0. The fourth-order valence-electron chi connectivity index (χ4n) is 3.38. The number of benzene rings is 4. The number of hydrogen-bond acceptors (Lipinski definition) is 5. The van der Waals surface area contributed by atoms with Crippen LogP contribution >= 0.6 is 11.6 Å². The molecule has 0 aliphatic heterocycles. The highest BCUT2D eigenvalue weighted by atomic mass is 35.5. The Hall–Kier alpha value is -4.42. The normalized spacial score (nSPS) is 11.1. The number of carbonyl (C=O) groups excluding carboxylic acids is 2. The maximum absolute atomic E-state index is 12.7. The molecule has 4 aromatic rings. The van der Waals surface area contributed by atoms with Gasteiger partial charge in [0.25, 0.3) is 5.91 Å². The van der Waals surface area contributed by atoms with Gasteiger partial charge in [-0.1, -0.05) is 60.1 Å². The Morgan fingerprint density at radius 2 is 1.71 bits per heavy atom. The molecule has 0 aromatic heterocycles. The van der Waals surface area contributed by atoms with E-state index >= 15 is 0 Å². The predicted octanol–water partition coefficient (Wildman–Crippen LogP) is 5.88. The molecule has 0 saturated heterocycles. The lowest BCUT2D eigenvalue weighted by molar-refractivity contribution is -0.128. The number of hydrazone groups is 1. The van der Waals surface area contributed by atoms with Crippen LogP contribution in [0, 0.1) is 0 Å². The van der Waals surface area contributed by atoms with Crippen molar-refractivity contribution in [3.05, 3.63) is 113 Å². The predicted molar refractivity (Wildman–Crippen MR) is 138 cm³/mol. The first-order valence-electron chi connectivity index (χ1n) is 10.7. The Kier molecular flexibility index (Phi) is 7.55. The van der Waals surface area contributed by atoms with Crippen LogP contribution in [0.25, 0.3) is 16.8 Å². The van der Waals surface area contributed by atoms with Crippen molar-refractivity contribution in [3.63, 3.8) is 0 Å². The minimum Gasteiger partial charge on any atom is -0.497 e. The van der Waals surface area contributed by atoms with Crippen molar-refractivity contribution < 1.29 is 19.1 Å². The Morgan fingerprint density at radius 1 is 0.943 bits per heavy atom. The third-order valence-electron chi connectivity index (χ3n) is 5.11. The van der Waals surface area contributed by atoms with Gasteiger partial charge >= 0.3 is 5.97 Å². The molecular weight excluding hydrogens is 464 g/mol. The van der Waals surface area contributed by atoms with Gasteiger partial charge in [0.05, 0.1) is 13.3 Å². The molecule has 0 radical (unpaired) electrons. The molecule has 0 heterocycles. The molecule has 4 rings (SSSR count). The number of ether oxygens (including phenoxy) is 2. The fraction of sp³-hybridized carbons (Fsp3) is 0.0357. The van der Waals surface area contributed by atoms with E-state index in [0.29, 0.717) is 16.1 Å². The van der Waals surface area contributed by atoms with E-state index in [4.69, 9.17) is 21.1 Å². The standard InChI is InChI=1S/C28H21ClN2O4/c1-34-23-13-9-19(10-14-23)11-16-27(32)35-26-15-12-22(29)17-21(26)18-30-31-28(33)25-8-4-6-20-5-2-3-7-24(20)25/h2-18H,1H3,(H,31,33)/b16-11+,30-18+. The van der Waals surface area contributed by atoms with E-state index in [1.54, 1.807) is 49.6 Å². The van der Waals surface area contributed by atoms with E-state index in [0.717, 1.165) is 22.1 Å². The summed E-state index contributed by atoms with van der Waals surface area (Å²) < 4.78 is 10.6. The van der Waals surface area contributed by atoms with Crippen molar-refractivity contribution in [1.82, 2.24) is 5.43 Å². The third-order valence-corrected chi connectivity index (χ3v) is 5.35. The largest absolute Gasteiger partial charge is 0.497 e. The number of nitrogens with zero attached hydrogens (tertiary/aromatic N) is 1. The summed E-state index contributed by atoms with van der Waals surface area (Å²) >= 11 is 6.11. The number of rotatable bonds is 7. The van der Waals surface area contributed by atoms with Crippen LogP contribution in [0.15, 0.2) is 96.1 Å². The summed E-state index contributed by atoms with van der Waals surface area (Å²) in [5.41, 5.74) is 4.27. The van der Waals surface area contributed by atoms with Gasteiger partial charge in [-0.15, -0.1) is 0 Å². The summed E-state index contributed by atoms with van der Waals surface area (Å²) in [5, 5.41) is 6.25. The number of halogens is 1. The number of methoxy groups -OCH3 is 1. The zero-order chi connectivity index (χ0) is 24.6. The molecule has 0 bridgehead atoms. The smallest absolute Gasteiger partial charge is 0.336 e. The van der Waals surface area contributed by atoms with E-state index in [-0.39, 0.29) is 11.7 Å². The summed E-state index contributed by atoms with van der Waals surface area (Å²) in [7, 11) is 1.59. The van der Waals surface area contributed by atoms with Crippen LogP contribution in [0.2, 0.25) is 5.02 Å². The summed E-state index contributed by atoms with van der Waals surface area (Å²) in [6, 6.07) is 25.1. The van der Waals surface area contributed by atoms with Gasteiger partial charge in [-0.3, -0.25) is 4.79 Å². The average molecular weight is 485 g/mol. The zero-order valence-electron chi connectivity index (χ0n) is 18.8. The van der Waals surface area contributed by atoms with E-state index in [1.165, 1.54) is 12.3 Å². The highest BCUT2D eigenvalue weighted by Gasteiger charge is 2.10. The van der Waals surface area contributed by atoms with Crippen LogP contribution in [0.5, 0.6) is 11.5 Å². The molecule has 0 unspecified atom stereocenters. The first kappa shape index (κ1) is 23.7. The molecule has 0 saturated carbocycles. The lowest BCUT2D eigenvalue weighted by atomic mass is 10.0. The molecule has 0 aliphatic carbocycles. The second-order valence-electron chi connectivity index (χ2n) is 7.44. The van der Waals surface area contributed by atoms with Gasteiger partial charge < -0.3 is 9.47 Å². The number of nitrogens with one attached hydrogen (secondary N) is 1. The molecule has 0 fully saturated rings. The van der Waals surface area contributed by atoms with Crippen molar-refractivity contribution in [2.24, 2.45) is 5.10 Å². The van der Waals surface area contributed by atoms with E-state index in [9.17, 15) is 9.59 Å². The molecule has 174 valence electrons. The summed E-state index contributed by atoms with van der Waals surface area (Å²) in [6.45, 7) is 0. The second kappa shape index (κ2) is 11.1. The van der Waals surface area contributed by atoms with Gasteiger partial charge in [0.15, 0.2) is 0 Å². The maximum Gasteiger partial charge on any atom is 0.336 e. The van der Waals surface area contributed by atoms with E-state index in [1.807, 2.05) is 48.5 Å². The van der Waals surface area contributed by atoms with Gasteiger partial charge in [-0.2, -0.15) is 5.10 Å². The lowest BCUT2D eigenvalue weighted by Gasteiger charge is -2.07. The quantitative estimate of drug-likeness (QED) is 0.117. The highest BCUT2D eigenvalue weighted by molar-refractivity contribution is 6.31. The van der Waals surface area contributed by atoms with Crippen LogP contribution in [0.4, 0.5) is 0 Å². The van der Waals surface area contributed by atoms with Crippen LogP contribution < -0.4 is 14.9 Å². The number of amides is 1. The van der Waals surface area contributed by atoms with Crippen LogP contribution in [0.3, 0.4) is 0 Å². The van der Waals surface area contributed by atoms with E-state index < -0.39 is 5.97 Å². The summed E-state index contributed by atoms with van der Waals surface area (Å²) in [6.07, 6.45) is 4.33. The van der Waals surface area contributed by atoms with Gasteiger partial charge in [0.1, 0.15) is 11.5 Å². The van der Waals surface area contributed by atoms with Gasteiger partial charge in [-0.25, -0.2) is 10.2 Å². The van der Waals surface area contributed by atoms with Crippen molar-refractivity contribution in [3.8, 4) is 11.5 Å². The number of hydrogen-bond donors (Lipinski definition) is 1. The number of fused-ring (bicyclic) bond motifs is 1.